The van der Waals surface area contributed by atoms with E-state index in [4.69, 9.17) is 13.9 Å². The molecule has 0 aliphatic heterocycles. The molecule has 2 rings (SSSR count). The lowest BCUT2D eigenvalue weighted by Crippen LogP contribution is -2.43. The van der Waals surface area contributed by atoms with Crippen LogP contribution in [0.25, 0.3) is 0 Å². The first-order valence-corrected chi connectivity index (χ1v) is 18.9. The molecule has 9 heteroatoms. The summed E-state index contributed by atoms with van der Waals surface area (Å²) >= 11 is 3.11. The van der Waals surface area contributed by atoms with Crippen molar-refractivity contribution in [3.63, 3.8) is 0 Å². The summed E-state index contributed by atoms with van der Waals surface area (Å²) in [5.74, 6) is 0.867. The third kappa shape index (κ3) is 11.2. The molecule has 4 atom stereocenters. The van der Waals surface area contributed by atoms with Crippen LogP contribution in [0.5, 0.6) is 0 Å². The Morgan fingerprint density at radius 1 is 1.28 bits per heavy atom. The Labute approximate surface area is 245 Å². The average Bonchev–Trinajstić information content (AvgIpc) is 3.44. The van der Waals surface area contributed by atoms with Crippen molar-refractivity contribution in [3.8, 4) is 0 Å². The Kier molecular flexibility index (Phi) is 13.5. The van der Waals surface area contributed by atoms with E-state index in [9.17, 15) is 9.59 Å². The average molecular weight is 596 g/mol. The Morgan fingerprint density at radius 2 is 2.00 bits per heavy atom. The Bertz CT molecular complexity index is 984. The molecule has 1 aliphatic carbocycles. The molecule has 0 spiro atoms. The maximum atomic E-state index is 11.9. The number of thioether (sulfide) groups is 1. The highest BCUT2D eigenvalue weighted by Crippen LogP contribution is 2.40. The first kappa shape index (κ1) is 33.8. The van der Waals surface area contributed by atoms with Gasteiger partial charge < -0.3 is 13.9 Å². The summed E-state index contributed by atoms with van der Waals surface area (Å²) in [5.41, 5.74) is 1.56. The minimum Gasteiger partial charge on any atom is -0.462 e. The van der Waals surface area contributed by atoms with E-state index in [-0.39, 0.29) is 35.1 Å². The number of hydrogen-bond acceptors (Lipinski definition) is 8. The van der Waals surface area contributed by atoms with Crippen LogP contribution in [0.1, 0.15) is 90.6 Å². The minimum atomic E-state index is -1.88. The van der Waals surface area contributed by atoms with Crippen LogP contribution < -0.4 is 0 Å². The number of aromatic nitrogens is 1. The van der Waals surface area contributed by atoms with Gasteiger partial charge in [-0.25, -0.2) is 9.78 Å². The van der Waals surface area contributed by atoms with Crippen LogP contribution in [0.3, 0.4) is 0 Å². The number of esters is 2. The monoisotopic (exact) mass is 595 g/mol. The summed E-state index contributed by atoms with van der Waals surface area (Å²) in [6.07, 6.45) is 10.4. The van der Waals surface area contributed by atoms with Crippen LogP contribution in [0, 0.1) is 11.8 Å². The minimum absolute atomic E-state index is 0.0631. The predicted octanol–water partition coefficient (Wildman–Crippen LogP) is 8.45. The van der Waals surface area contributed by atoms with Crippen molar-refractivity contribution >= 4 is 43.4 Å². The van der Waals surface area contributed by atoms with Crippen molar-refractivity contribution in [2.24, 2.45) is 11.8 Å². The molecule has 220 valence electrons. The van der Waals surface area contributed by atoms with E-state index in [1.807, 2.05) is 0 Å². The Hall–Kier alpha value is -1.42. The van der Waals surface area contributed by atoms with Crippen LogP contribution in [-0.4, -0.2) is 49.8 Å². The molecule has 0 saturated heterocycles. The highest BCUT2D eigenvalue weighted by molar-refractivity contribution is 8.01. The third-order valence-corrected chi connectivity index (χ3v) is 14.3. The van der Waals surface area contributed by atoms with Crippen molar-refractivity contribution in [1.82, 2.24) is 4.98 Å². The number of carbonyl (C=O) groups is 2. The lowest BCUT2D eigenvalue weighted by molar-refractivity contribution is -0.148. The fourth-order valence-corrected chi connectivity index (χ4v) is 7.90. The van der Waals surface area contributed by atoms with Crippen LogP contribution >= 0.6 is 23.1 Å². The van der Waals surface area contributed by atoms with Crippen molar-refractivity contribution < 1.29 is 23.5 Å². The molecule has 0 bridgehead atoms. The SMILES string of the molecule is C=C(C)CCC(C/C=C/[C@@H]1CC[C@H](OC(C)=O)[C@@H]1CCSc1nc(C(=O)OCC)cs1)O[Si](C)(C)C(C)(C)C. The van der Waals surface area contributed by atoms with Crippen molar-refractivity contribution in [3.05, 3.63) is 35.4 Å². The summed E-state index contributed by atoms with van der Waals surface area (Å²) in [4.78, 5) is 28.1. The molecule has 1 aromatic heterocycles. The summed E-state index contributed by atoms with van der Waals surface area (Å²) in [6.45, 7) is 21.3. The first-order chi connectivity index (χ1) is 18.2. The molecule has 0 aromatic carbocycles. The van der Waals surface area contributed by atoms with E-state index in [2.05, 4.69) is 64.5 Å². The van der Waals surface area contributed by atoms with Crippen molar-refractivity contribution in [2.45, 2.75) is 115 Å². The molecule has 1 aliphatic rings. The number of allylic oxidation sites excluding steroid dienone is 2. The van der Waals surface area contributed by atoms with Gasteiger partial charge in [-0.1, -0.05) is 50.3 Å². The lowest BCUT2D eigenvalue weighted by Gasteiger charge is -2.39. The Morgan fingerprint density at radius 3 is 2.62 bits per heavy atom. The number of rotatable bonds is 15. The zero-order valence-electron chi connectivity index (χ0n) is 25.2. The molecule has 1 heterocycles. The molecular formula is C30H49NO5S2Si. The molecule has 6 nitrogen and oxygen atoms in total. The van der Waals surface area contributed by atoms with Crippen LogP contribution in [0.2, 0.25) is 18.1 Å². The zero-order valence-corrected chi connectivity index (χ0v) is 27.8. The molecule has 0 radical (unpaired) electrons. The number of hydrogen-bond donors (Lipinski definition) is 0. The fraction of sp³-hybridized carbons (Fsp3) is 0.700. The summed E-state index contributed by atoms with van der Waals surface area (Å²) in [5, 5.41) is 1.91. The van der Waals surface area contributed by atoms with Gasteiger partial charge >= 0.3 is 11.9 Å². The highest BCUT2D eigenvalue weighted by atomic mass is 32.2. The quantitative estimate of drug-likeness (QED) is 0.0871. The summed E-state index contributed by atoms with van der Waals surface area (Å²) in [6, 6.07) is 0. The van der Waals surface area contributed by atoms with Gasteiger partial charge in [0.05, 0.1) is 6.61 Å². The third-order valence-electron chi connectivity index (χ3n) is 7.72. The Balaban J connectivity index is 2.04. The lowest BCUT2D eigenvalue weighted by atomic mass is 9.91. The number of carbonyl (C=O) groups excluding carboxylic acids is 2. The van der Waals surface area contributed by atoms with E-state index < -0.39 is 8.32 Å². The van der Waals surface area contributed by atoms with Crippen molar-refractivity contribution in [1.29, 1.82) is 0 Å². The van der Waals surface area contributed by atoms with Gasteiger partial charge in [-0.2, -0.15) is 0 Å². The maximum absolute atomic E-state index is 11.9. The molecular weight excluding hydrogens is 547 g/mol. The maximum Gasteiger partial charge on any atom is 0.357 e. The fourth-order valence-electron chi connectivity index (χ4n) is 4.59. The van der Waals surface area contributed by atoms with Gasteiger partial charge in [-0.15, -0.1) is 17.9 Å². The molecule has 0 N–H and O–H groups in total. The molecule has 1 saturated carbocycles. The second-order valence-corrected chi connectivity index (χ2v) is 19.0. The van der Waals surface area contributed by atoms with Crippen LogP contribution in [-0.2, 0) is 18.7 Å². The normalized spacial score (nSPS) is 20.8. The van der Waals surface area contributed by atoms with Gasteiger partial charge in [0.25, 0.3) is 0 Å². The van der Waals surface area contributed by atoms with E-state index in [0.717, 1.165) is 48.6 Å². The van der Waals surface area contributed by atoms with Gasteiger partial charge in [-0.05, 0) is 76.4 Å². The second kappa shape index (κ2) is 15.5. The van der Waals surface area contributed by atoms with E-state index in [1.54, 1.807) is 24.1 Å². The zero-order chi connectivity index (χ0) is 29.2. The second-order valence-electron chi connectivity index (χ2n) is 12.1. The molecule has 0 amide bonds. The van der Waals surface area contributed by atoms with Gasteiger partial charge in [-0.3, -0.25) is 4.79 Å². The largest absolute Gasteiger partial charge is 0.462 e. The molecule has 39 heavy (non-hydrogen) atoms. The van der Waals surface area contributed by atoms with Crippen LogP contribution in [0.4, 0.5) is 0 Å². The topological polar surface area (TPSA) is 74.7 Å². The first-order valence-electron chi connectivity index (χ1n) is 14.1. The standard InChI is InChI=1S/C30H49NO5S2Si/c1-10-34-28(33)26-20-38-29(31-26)37-19-18-25-23(15-17-27(25)35-22(4)32)12-11-13-24(16-14-21(2)3)36-39(8,9)30(5,6)7/h11-12,20,23-25,27H,2,10,13-19H2,1,3-9H3/b12-11+/t23-,24?,25-,27+/m1/s1. The number of ether oxygens (including phenoxy) is 2. The number of nitrogens with zero attached hydrogens (tertiary/aromatic N) is 1. The van der Waals surface area contributed by atoms with Gasteiger partial charge in [0.15, 0.2) is 18.4 Å². The van der Waals surface area contributed by atoms with E-state index >= 15 is 0 Å². The molecule has 1 aromatic rings. The number of thiazole rings is 1. The molecule has 1 fully saturated rings. The summed E-state index contributed by atoms with van der Waals surface area (Å²) in [7, 11) is -1.88. The highest BCUT2D eigenvalue weighted by Gasteiger charge is 2.39. The van der Waals surface area contributed by atoms with Gasteiger partial charge in [0, 0.05) is 30.1 Å². The van der Waals surface area contributed by atoms with E-state index in [0.29, 0.717) is 18.2 Å². The van der Waals surface area contributed by atoms with Crippen LogP contribution in [0.15, 0.2) is 34.0 Å². The smallest absolute Gasteiger partial charge is 0.357 e. The summed E-state index contributed by atoms with van der Waals surface area (Å²) < 4.78 is 18.4. The van der Waals surface area contributed by atoms with Crippen molar-refractivity contribution in [2.75, 3.05) is 12.4 Å². The van der Waals surface area contributed by atoms with Gasteiger partial charge in [0.1, 0.15) is 6.10 Å². The molecule has 1 unspecified atom stereocenters. The van der Waals surface area contributed by atoms with Gasteiger partial charge in [0.2, 0.25) is 0 Å². The predicted molar refractivity (Wildman–Crippen MR) is 165 cm³/mol. The van der Waals surface area contributed by atoms with E-state index in [1.165, 1.54) is 23.8 Å².